The van der Waals surface area contributed by atoms with Crippen LogP contribution in [0.4, 0.5) is 0 Å². The Kier molecular flexibility index (Phi) is 10.7. The maximum absolute atomic E-state index is 10.7. The minimum Gasteiger partial charge on any atom is -0.458 e. The number of benzene rings is 12. The maximum atomic E-state index is 10.7. The summed E-state index contributed by atoms with van der Waals surface area (Å²) in [5, 5.41) is 1.97. The summed E-state index contributed by atoms with van der Waals surface area (Å²) in [6.45, 7) is 16.1. The quantitative estimate of drug-likeness (QED) is 0.107. The Labute approximate surface area is 621 Å². The highest BCUT2D eigenvalue weighted by atomic mass is 16.5. The molecule has 0 atom stereocenters. The van der Waals surface area contributed by atoms with Crippen LogP contribution in [-0.4, -0.2) is 14.1 Å². The minimum atomic E-state index is -2.83. The Morgan fingerprint density at radius 1 is 0.455 bits per heavy atom. The highest BCUT2D eigenvalue weighted by Gasteiger charge is 2.39. The number of imidazole rings is 1. The molecular formula is C96H84N4O. The number of aryl methyl sites for hydroxylation is 2. The lowest BCUT2D eigenvalue weighted by Gasteiger charge is -2.42. The van der Waals surface area contributed by atoms with Gasteiger partial charge in [-0.2, -0.15) is 0 Å². The molecule has 494 valence electrons. The zero-order valence-corrected chi connectivity index (χ0v) is 58.0. The Bertz CT molecular complexity index is 6720. The van der Waals surface area contributed by atoms with Crippen LogP contribution in [0.3, 0.4) is 0 Å². The summed E-state index contributed by atoms with van der Waals surface area (Å²) in [5.74, 6) is 1.57. The molecule has 5 heteroatoms. The van der Waals surface area contributed by atoms with Gasteiger partial charge < -0.3 is 4.74 Å². The van der Waals surface area contributed by atoms with E-state index in [-0.39, 0.29) is 38.6 Å². The van der Waals surface area contributed by atoms with E-state index in [2.05, 4.69) is 110 Å². The first-order valence-corrected chi connectivity index (χ1v) is 34.3. The first kappa shape index (κ1) is 45.5. The third-order valence-corrected chi connectivity index (χ3v) is 20.6. The standard InChI is InChI=1S/C96H84N4O/c1-60-25-23-26-61(2)90(60)69-51-79(64-37-39-70(40-38-64)93(3,4)5)91-83(52-69)81-58-85-84(95(9,10)44-45-96(85,11)12)57-80(81)75-33-19-20-34-76(75)82-50-68(67-48-65(62-27-15-13-16-28-62)47-66(49-67)63-29-17-14-18-30-63)53-88-92(82)99(91)59-98(88)72-31-24-32-73(55-72)101-74-41-42-78-77-35-21-22-36-86(77)100(87(78)56-74)89-54-71(43-46-97-89)94(6,7)8/h13-43,46-58H,44-45H2,1-12H3/i1D3,2D3,13D,14D,15D,16D,17D,18D,27D,28D,29D,30D,47D,48D,49D. The summed E-state index contributed by atoms with van der Waals surface area (Å²) < 4.78 is 191. The van der Waals surface area contributed by atoms with Gasteiger partial charge in [0.15, 0.2) is 0 Å². The van der Waals surface area contributed by atoms with Crippen LogP contribution in [0.1, 0.15) is 142 Å². The molecule has 0 N–H and O–H groups in total. The highest BCUT2D eigenvalue weighted by molar-refractivity contribution is 6.10. The number of fused-ring (bicyclic) bond motifs is 11. The summed E-state index contributed by atoms with van der Waals surface area (Å²) in [7, 11) is 0. The summed E-state index contributed by atoms with van der Waals surface area (Å²) in [6.07, 6.45) is 7.37. The maximum Gasteiger partial charge on any atom is 0.269 e. The topological polar surface area (TPSA) is 35.9 Å². The van der Waals surface area contributed by atoms with E-state index in [1.165, 1.54) is 18.2 Å². The molecular weight excluding hydrogens is 1230 g/mol. The first-order chi connectivity index (χ1) is 56.5. The van der Waals surface area contributed by atoms with Gasteiger partial charge in [0.2, 0.25) is 0 Å². The lowest BCUT2D eigenvalue weighted by Crippen LogP contribution is -2.34. The van der Waals surface area contributed by atoms with Crippen molar-refractivity contribution >= 4 is 32.8 Å². The molecule has 3 aromatic heterocycles. The number of para-hydroxylation sites is 1. The minimum absolute atomic E-state index is 0.0155. The second-order valence-electron chi connectivity index (χ2n) is 30.2. The van der Waals surface area contributed by atoms with E-state index in [4.69, 9.17) is 17.9 Å². The molecule has 0 bridgehead atoms. The van der Waals surface area contributed by atoms with Crippen molar-refractivity contribution in [1.29, 1.82) is 0 Å². The molecule has 101 heavy (non-hydrogen) atoms. The number of aromatic nitrogens is 4. The Morgan fingerprint density at radius 3 is 1.68 bits per heavy atom. The van der Waals surface area contributed by atoms with Crippen LogP contribution < -0.4 is 9.30 Å². The van der Waals surface area contributed by atoms with Gasteiger partial charge in [-0.15, -0.1) is 0 Å². The van der Waals surface area contributed by atoms with Crippen LogP contribution in [0, 0.1) is 20.0 Å². The summed E-state index contributed by atoms with van der Waals surface area (Å²) in [6, 6.07) is 47.6. The van der Waals surface area contributed by atoms with Crippen LogP contribution >= 0.6 is 0 Å². The van der Waals surface area contributed by atoms with Crippen molar-refractivity contribution < 1.29 is 35.3 Å². The second kappa shape index (κ2) is 23.8. The molecule has 0 unspecified atom stereocenters. The number of hydrogen-bond acceptors (Lipinski definition) is 2. The molecule has 17 rings (SSSR count). The van der Waals surface area contributed by atoms with Gasteiger partial charge in [0.25, 0.3) is 6.33 Å². The highest BCUT2D eigenvalue weighted by Crippen LogP contribution is 2.54. The van der Waals surface area contributed by atoms with E-state index in [1.807, 2.05) is 137 Å². The molecule has 4 heterocycles. The lowest BCUT2D eigenvalue weighted by molar-refractivity contribution is -0.570. The number of nitrogens with zero attached hydrogens (tertiary/aromatic N) is 4. The fraction of sp³-hybridized carbons (Fsp3) is 0.188. The molecule has 0 spiro atoms. The normalized spacial score (nSPS) is 16.8. The van der Waals surface area contributed by atoms with E-state index < -0.39 is 125 Å². The van der Waals surface area contributed by atoms with Gasteiger partial charge in [-0.1, -0.05) is 233 Å². The molecule has 0 fully saturated rings. The molecule has 5 nitrogen and oxygen atoms in total. The summed E-state index contributed by atoms with van der Waals surface area (Å²) in [4.78, 5) is 4.94. The summed E-state index contributed by atoms with van der Waals surface area (Å²) in [5.41, 5.74) is 8.63. The smallest absolute Gasteiger partial charge is 0.269 e. The Hall–Kier alpha value is -11.1. The van der Waals surface area contributed by atoms with Gasteiger partial charge in [-0.05, 0) is 262 Å². The molecule has 0 saturated heterocycles. The van der Waals surface area contributed by atoms with Crippen molar-refractivity contribution in [1.82, 2.24) is 14.1 Å². The van der Waals surface area contributed by atoms with Gasteiger partial charge in [-0.3, -0.25) is 13.7 Å². The molecule has 15 aromatic rings. The molecule has 1 aliphatic carbocycles. The van der Waals surface area contributed by atoms with E-state index >= 15 is 0 Å². The lowest BCUT2D eigenvalue weighted by atomic mass is 9.62. The average Bonchev–Trinajstić information content (AvgIpc) is 1.43. The predicted octanol–water partition coefficient (Wildman–Crippen LogP) is 25.2. The van der Waals surface area contributed by atoms with Gasteiger partial charge in [0.05, 0.1) is 51.3 Å². The van der Waals surface area contributed by atoms with Gasteiger partial charge in [-0.25, -0.2) is 4.98 Å². The Balaban J connectivity index is 1.05. The summed E-state index contributed by atoms with van der Waals surface area (Å²) >= 11 is 0. The number of rotatable bonds is 9. The van der Waals surface area contributed by atoms with Crippen LogP contribution in [0.25, 0.3) is 139 Å². The second-order valence-corrected chi connectivity index (χ2v) is 30.2. The third kappa shape index (κ3) is 11.0. The third-order valence-electron chi connectivity index (χ3n) is 20.6. The fourth-order valence-electron chi connectivity index (χ4n) is 15.1. The van der Waals surface area contributed by atoms with Crippen molar-refractivity contribution in [3.8, 4) is 118 Å². The van der Waals surface area contributed by atoms with Crippen LogP contribution in [0.15, 0.2) is 267 Å². The molecule has 12 aromatic carbocycles. The van der Waals surface area contributed by atoms with Crippen molar-refractivity contribution in [3.63, 3.8) is 0 Å². The molecule has 0 radical (unpaired) electrons. The van der Waals surface area contributed by atoms with Gasteiger partial charge in [0, 0.05) is 31.3 Å². The van der Waals surface area contributed by atoms with E-state index in [9.17, 15) is 17.8 Å². The number of ether oxygens (including phenoxy) is 1. The van der Waals surface area contributed by atoms with E-state index in [1.54, 1.807) is 12.1 Å². The van der Waals surface area contributed by atoms with E-state index in [0.29, 0.717) is 78.4 Å². The van der Waals surface area contributed by atoms with Gasteiger partial charge >= 0.3 is 0 Å². The van der Waals surface area contributed by atoms with Crippen LogP contribution in [0.2, 0.25) is 0 Å². The zero-order chi connectivity index (χ0) is 85.7. The molecule has 0 saturated carbocycles. The Morgan fingerprint density at radius 2 is 1.03 bits per heavy atom. The molecule has 1 aliphatic heterocycles. The zero-order valence-electron chi connectivity index (χ0n) is 77.0. The molecule has 0 amide bonds. The van der Waals surface area contributed by atoms with Crippen molar-refractivity contribution in [2.75, 3.05) is 0 Å². The van der Waals surface area contributed by atoms with Crippen LogP contribution in [0.5, 0.6) is 11.5 Å². The monoisotopic (exact) mass is 1330 g/mol. The van der Waals surface area contributed by atoms with Crippen molar-refractivity contribution in [3.05, 3.63) is 306 Å². The van der Waals surface area contributed by atoms with E-state index in [0.717, 1.165) is 68.3 Å². The predicted molar refractivity (Wildman–Crippen MR) is 421 cm³/mol. The number of pyridine rings is 1. The number of hydrogen-bond donors (Lipinski definition) is 0. The average molecular weight is 1330 g/mol. The fourth-order valence-corrected chi connectivity index (χ4v) is 15.1. The van der Waals surface area contributed by atoms with Crippen molar-refractivity contribution in [2.45, 2.75) is 117 Å². The van der Waals surface area contributed by atoms with Gasteiger partial charge in [0.1, 0.15) is 17.3 Å². The first-order valence-electron chi connectivity index (χ1n) is 43.8. The SMILES string of the molecule is [2H]c1c([2H])c([2H])c(-c2c([2H])c(-c3cc4c5c(c3)n(-c3cccc(Oc6ccc7c8ccccc8n(-c8cc(C(C)(C)C)ccn8)c7c6)c3)[c-][n+]5-c3c(-c5ccc(C(C)(C)C)cc5)cc(-c5c(C([2H])([2H])[2H])cccc5C([2H])([2H])[2H])cc3-c3cc5c(cc3-c3ccccc3-4)C(C)(C)CCC5(C)C)c([2H])c(-c3c([2H])c([2H])c([2H])c([2H])c3[2H])c2[2H])c([2H])c1[2H]. The van der Waals surface area contributed by atoms with Crippen molar-refractivity contribution in [2.24, 2.45) is 0 Å². The largest absolute Gasteiger partial charge is 0.458 e. The molecule has 2 aliphatic rings. The van der Waals surface area contributed by atoms with Crippen LogP contribution in [-0.2, 0) is 21.7 Å².